The molecule has 2 fully saturated rings. The number of phenols is 1. The molecule has 12 nitrogen and oxygen atoms in total. The summed E-state index contributed by atoms with van der Waals surface area (Å²) in [6.07, 6.45) is -1.43. The van der Waals surface area contributed by atoms with Crippen molar-refractivity contribution in [3.05, 3.63) is 88.5 Å². The first kappa shape index (κ1) is 53.1. The SMILES string of the molecule is CC(C)C(NC(=O)c1ccc(S(=O)(=O)NC(=O)c2ccc(CCSc3cc(C(C)(C)C)c(O)c(C(C)(C)C)c3)cc2)cc1)C(=O)N1[C@@H](C(=O)NC(C(=O)C(F)(F)F)C(C)C)C[C@H]2CCCC[C@H]21. The van der Waals surface area contributed by atoms with Gasteiger partial charge in [0.15, 0.2) is 0 Å². The predicted molar refractivity (Wildman–Crippen MR) is 252 cm³/mol. The molecule has 1 saturated heterocycles. The molecule has 0 aromatic heterocycles. The highest BCUT2D eigenvalue weighted by molar-refractivity contribution is 7.99. The van der Waals surface area contributed by atoms with Crippen LogP contribution in [-0.4, -0.2) is 83.9 Å². The summed E-state index contributed by atoms with van der Waals surface area (Å²) >= 11 is 1.66. The molecule has 4 amide bonds. The molecule has 5 rings (SSSR count). The van der Waals surface area contributed by atoms with Gasteiger partial charge in [-0.05, 0) is 108 Å². The number of sulfonamides is 1. The number of phenolic OH excluding ortho intramolecular Hbond substituents is 1. The van der Waals surface area contributed by atoms with Crippen molar-refractivity contribution in [1.82, 2.24) is 20.3 Å². The molecule has 17 heteroatoms. The van der Waals surface area contributed by atoms with Crippen LogP contribution >= 0.6 is 11.8 Å². The Kier molecular flexibility index (Phi) is 16.4. The molecular weight excluding hydrogens is 906 g/mol. The number of thioether (sulfide) groups is 1. The van der Waals surface area contributed by atoms with E-state index < -0.39 is 81.6 Å². The van der Waals surface area contributed by atoms with Gasteiger partial charge in [0.2, 0.25) is 11.8 Å². The third-order valence-electron chi connectivity index (χ3n) is 12.6. The average Bonchev–Trinajstić information content (AvgIpc) is 3.63. The quantitative estimate of drug-likeness (QED) is 0.109. The first-order valence-corrected chi connectivity index (χ1v) is 25.3. The van der Waals surface area contributed by atoms with E-state index in [2.05, 4.69) is 56.9 Å². The van der Waals surface area contributed by atoms with Crippen molar-refractivity contribution in [3.63, 3.8) is 0 Å². The predicted octanol–water partition coefficient (Wildman–Crippen LogP) is 8.63. The van der Waals surface area contributed by atoms with Gasteiger partial charge in [0, 0.05) is 38.9 Å². The van der Waals surface area contributed by atoms with Gasteiger partial charge in [0.05, 0.1) is 10.9 Å². The average molecular weight is 971 g/mol. The molecule has 4 N–H and O–H groups in total. The minimum atomic E-state index is -5.18. The van der Waals surface area contributed by atoms with Crippen LogP contribution in [0.1, 0.15) is 139 Å². The lowest BCUT2D eigenvalue weighted by molar-refractivity contribution is -0.175. The van der Waals surface area contributed by atoms with Crippen molar-refractivity contribution >= 4 is 51.2 Å². The van der Waals surface area contributed by atoms with Gasteiger partial charge in [-0.3, -0.25) is 24.0 Å². The number of aryl methyl sites for hydroxylation is 1. The largest absolute Gasteiger partial charge is 0.507 e. The monoisotopic (exact) mass is 970 g/mol. The normalized spacial score (nSPS) is 18.9. The fourth-order valence-corrected chi connectivity index (χ4v) is 10.8. The van der Waals surface area contributed by atoms with Crippen molar-refractivity contribution in [2.45, 2.75) is 159 Å². The first-order valence-electron chi connectivity index (χ1n) is 22.8. The molecule has 5 atom stereocenters. The third kappa shape index (κ3) is 12.8. The van der Waals surface area contributed by atoms with E-state index in [0.717, 1.165) is 52.3 Å². The van der Waals surface area contributed by atoms with E-state index in [0.29, 0.717) is 25.0 Å². The van der Waals surface area contributed by atoms with Crippen molar-refractivity contribution in [3.8, 4) is 5.75 Å². The Labute approximate surface area is 397 Å². The zero-order valence-corrected chi connectivity index (χ0v) is 41.6. The van der Waals surface area contributed by atoms with Gasteiger partial charge < -0.3 is 20.6 Å². The highest BCUT2D eigenvalue weighted by Gasteiger charge is 2.51. The molecule has 1 aliphatic heterocycles. The number of nitrogens with one attached hydrogen (secondary N) is 3. The Morgan fingerprint density at radius 2 is 1.28 bits per heavy atom. The van der Waals surface area contributed by atoms with Gasteiger partial charge in [0.1, 0.15) is 17.8 Å². The number of hydrogen-bond acceptors (Lipinski definition) is 9. The van der Waals surface area contributed by atoms with Crippen molar-refractivity contribution < 1.29 is 50.7 Å². The number of ketones is 1. The van der Waals surface area contributed by atoms with Crippen LogP contribution in [0.25, 0.3) is 0 Å². The van der Waals surface area contributed by atoms with Crippen LogP contribution in [0.3, 0.4) is 0 Å². The smallest absolute Gasteiger partial charge is 0.452 e. The van der Waals surface area contributed by atoms with E-state index in [1.807, 2.05) is 12.1 Å². The van der Waals surface area contributed by atoms with Crippen molar-refractivity contribution in [2.75, 3.05) is 5.75 Å². The fraction of sp³-hybridized carbons (Fsp3) is 0.540. The van der Waals surface area contributed by atoms with Crippen molar-refractivity contribution in [1.29, 1.82) is 0 Å². The minimum absolute atomic E-state index is 0.00359. The molecule has 3 aromatic carbocycles. The molecule has 0 spiro atoms. The Morgan fingerprint density at radius 3 is 1.81 bits per heavy atom. The molecule has 3 aromatic rings. The van der Waals surface area contributed by atoms with Gasteiger partial charge in [0.25, 0.3) is 27.6 Å². The molecule has 1 aliphatic carbocycles. The fourth-order valence-electron chi connectivity index (χ4n) is 8.84. The number of nitrogens with zero attached hydrogens (tertiary/aromatic N) is 1. The van der Waals surface area contributed by atoms with Gasteiger partial charge in [-0.2, -0.15) is 13.2 Å². The van der Waals surface area contributed by atoms with E-state index in [4.69, 9.17) is 0 Å². The molecule has 2 aliphatic rings. The summed E-state index contributed by atoms with van der Waals surface area (Å²) in [7, 11) is -4.39. The number of benzene rings is 3. The molecule has 0 radical (unpaired) electrons. The second-order valence-corrected chi connectivity index (χ2v) is 23.4. The number of halogens is 3. The van der Waals surface area contributed by atoms with Gasteiger partial charge >= 0.3 is 6.18 Å². The number of rotatable bonds is 15. The second kappa shape index (κ2) is 20.8. The van der Waals surface area contributed by atoms with Gasteiger partial charge in [-0.25, -0.2) is 13.1 Å². The molecule has 366 valence electrons. The third-order valence-corrected chi connectivity index (χ3v) is 14.9. The number of fused-ring (bicyclic) bond motifs is 1. The summed E-state index contributed by atoms with van der Waals surface area (Å²) in [5, 5.41) is 16.1. The zero-order chi connectivity index (χ0) is 50.0. The molecule has 0 bridgehead atoms. The van der Waals surface area contributed by atoms with Gasteiger partial charge in [-0.15, -0.1) is 11.8 Å². The number of Topliss-reactive ketones (excluding diaryl/α,β-unsaturated/α-hetero) is 1. The van der Waals surface area contributed by atoms with E-state index in [1.165, 1.54) is 30.9 Å². The lowest BCUT2D eigenvalue weighted by atomic mass is 9.79. The maximum absolute atomic E-state index is 14.4. The number of carbonyl (C=O) groups excluding carboxylic acids is 5. The van der Waals surface area contributed by atoms with E-state index in [1.54, 1.807) is 49.9 Å². The summed E-state index contributed by atoms with van der Waals surface area (Å²) in [6.45, 7) is 18.6. The Morgan fingerprint density at radius 1 is 0.761 bits per heavy atom. The van der Waals surface area contributed by atoms with Gasteiger partial charge in [-0.1, -0.05) is 94.2 Å². The van der Waals surface area contributed by atoms with Crippen LogP contribution in [0.15, 0.2) is 70.5 Å². The number of amides is 4. The Balaban J connectivity index is 1.22. The van der Waals surface area contributed by atoms with E-state index in [9.17, 15) is 50.7 Å². The maximum atomic E-state index is 14.4. The Bertz CT molecular complexity index is 2390. The molecule has 1 heterocycles. The lowest BCUT2D eigenvalue weighted by Gasteiger charge is -2.37. The molecule has 2 unspecified atom stereocenters. The van der Waals surface area contributed by atoms with Crippen LogP contribution < -0.4 is 15.4 Å². The van der Waals surface area contributed by atoms with E-state index >= 15 is 0 Å². The minimum Gasteiger partial charge on any atom is -0.507 e. The van der Waals surface area contributed by atoms with E-state index in [-0.39, 0.29) is 39.2 Å². The number of alkyl halides is 3. The number of likely N-dealkylation sites (tertiary alicyclic amines) is 1. The molecule has 1 saturated carbocycles. The van der Waals surface area contributed by atoms with Crippen LogP contribution in [0.5, 0.6) is 5.75 Å². The van der Waals surface area contributed by atoms with Crippen LogP contribution in [0.2, 0.25) is 0 Å². The number of aromatic hydroxyl groups is 1. The number of carbonyl (C=O) groups is 5. The van der Waals surface area contributed by atoms with Crippen LogP contribution in [0, 0.1) is 17.8 Å². The molecule has 67 heavy (non-hydrogen) atoms. The topological polar surface area (TPSA) is 179 Å². The Hall–Kier alpha value is -4.90. The lowest BCUT2D eigenvalue weighted by Crippen LogP contribution is -2.59. The number of hydrogen-bond donors (Lipinski definition) is 4. The van der Waals surface area contributed by atoms with Crippen LogP contribution in [0.4, 0.5) is 13.2 Å². The maximum Gasteiger partial charge on any atom is 0.452 e. The van der Waals surface area contributed by atoms with Crippen LogP contribution in [-0.2, 0) is 41.7 Å². The summed E-state index contributed by atoms with van der Waals surface area (Å²) in [4.78, 5) is 69.3. The summed E-state index contributed by atoms with van der Waals surface area (Å²) in [6, 6.07) is 10.9. The summed E-state index contributed by atoms with van der Waals surface area (Å²) in [5.74, 6) is -5.55. The zero-order valence-electron chi connectivity index (χ0n) is 40.0. The standard InChI is InChI=1S/C50H65F3N4O8S2/c1-28(2)40(43(59)50(51,52)53)54-46(62)39-25-33-13-11-12-14-38(33)57(39)47(63)41(29(3)4)55-44(60)31-19-21-35(22-20-31)67(64,65)56-45(61)32-17-15-30(16-18-32)23-24-66-34-26-36(48(5,6)7)42(58)37(27-34)49(8,9)10/h15-22,26-29,33,38-41,58H,11-14,23-25H2,1-10H3,(H,54,62)(H,55,60)(H,56,61)/t33-,38-,39-,40?,41?/m1/s1. The second-order valence-electron chi connectivity index (χ2n) is 20.5. The summed E-state index contributed by atoms with van der Waals surface area (Å²) < 4.78 is 69.1. The highest BCUT2D eigenvalue weighted by atomic mass is 32.2. The van der Waals surface area contributed by atoms with Crippen molar-refractivity contribution in [2.24, 2.45) is 17.8 Å². The first-order chi connectivity index (χ1) is 31.0. The molecular formula is C50H65F3N4O8S2. The highest BCUT2D eigenvalue weighted by Crippen LogP contribution is 2.43. The summed E-state index contributed by atoms with van der Waals surface area (Å²) in [5.41, 5.74) is 2.31.